The number of carbonyl (C=O) groups is 2. The van der Waals surface area contributed by atoms with E-state index in [9.17, 15) is 14.7 Å². The number of hydrogen-bond donors (Lipinski definition) is 3. The summed E-state index contributed by atoms with van der Waals surface area (Å²) < 4.78 is 5.58. The van der Waals surface area contributed by atoms with Crippen LogP contribution in [-0.4, -0.2) is 41.4 Å². The van der Waals surface area contributed by atoms with Crippen LogP contribution >= 0.6 is 0 Å². The van der Waals surface area contributed by atoms with Crippen molar-refractivity contribution in [3.63, 3.8) is 0 Å². The fourth-order valence-electron chi connectivity index (χ4n) is 2.36. The first-order valence-corrected chi connectivity index (χ1v) is 6.95. The highest BCUT2D eigenvalue weighted by molar-refractivity contribution is 5.83. The van der Waals surface area contributed by atoms with Crippen LogP contribution in [0, 0.1) is 5.41 Å². The molecule has 2 atom stereocenters. The van der Waals surface area contributed by atoms with Gasteiger partial charge in [-0.15, -0.1) is 0 Å². The average molecular weight is 286 g/mol. The summed E-state index contributed by atoms with van der Waals surface area (Å²) in [7, 11) is 0. The van der Waals surface area contributed by atoms with E-state index in [1.165, 1.54) is 0 Å². The predicted octanol–water partition coefficient (Wildman–Crippen LogP) is 1.74. The smallest absolute Gasteiger partial charge is 0.326 e. The molecule has 2 amide bonds. The molecule has 1 saturated heterocycles. The summed E-state index contributed by atoms with van der Waals surface area (Å²) in [6.07, 6.45) is 1.46. The van der Waals surface area contributed by atoms with Gasteiger partial charge in [0.05, 0.1) is 5.60 Å². The summed E-state index contributed by atoms with van der Waals surface area (Å²) in [5.74, 6) is -1.03. The maximum absolute atomic E-state index is 12.0. The Morgan fingerprint density at radius 1 is 1.35 bits per heavy atom. The number of rotatable bonds is 3. The number of amides is 2. The molecule has 1 fully saturated rings. The minimum absolute atomic E-state index is 0.00756. The summed E-state index contributed by atoms with van der Waals surface area (Å²) in [4.78, 5) is 23.2. The van der Waals surface area contributed by atoms with Crippen molar-refractivity contribution in [2.75, 3.05) is 6.61 Å². The van der Waals surface area contributed by atoms with E-state index in [2.05, 4.69) is 10.6 Å². The number of urea groups is 1. The van der Waals surface area contributed by atoms with Crippen molar-refractivity contribution in [2.24, 2.45) is 5.41 Å². The van der Waals surface area contributed by atoms with Gasteiger partial charge in [-0.3, -0.25) is 0 Å². The molecule has 1 aliphatic rings. The molecule has 6 nitrogen and oxygen atoms in total. The van der Waals surface area contributed by atoms with E-state index in [1.807, 2.05) is 13.8 Å². The molecule has 0 aromatic carbocycles. The molecule has 0 radical (unpaired) electrons. The first-order valence-electron chi connectivity index (χ1n) is 6.95. The van der Waals surface area contributed by atoms with Gasteiger partial charge in [-0.25, -0.2) is 9.59 Å². The van der Waals surface area contributed by atoms with Gasteiger partial charge in [0.15, 0.2) is 0 Å². The third kappa shape index (κ3) is 5.00. The summed E-state index contributed by atoms with van der Waals surface area (Å²) in [6.45, 7) is 9.90. The molecular weight excluding hydrogens is 260 g/mol. The molecular formula is C14H26N2O4. The summed E-state index contributed by atoms with van der Waals surface area (Å²) in [6, 6.07) is -1.35. The van der Waals surface area contributed by atoms with Crippen molar-refractivity contribution in [3.05, 3.63) is 0 Å². The second-order valence-corrected chi connectivity index (χ2v) is 7.05. The molecule has 0 saturated carbocycles. The summed E-state index contributed by atoms with van der Waals surface area (Å²) >= 11 is 0. The van der Waals surface area contributed by atoms with E-state index in [0.717, 1.165) is 6.42 Å². The Kier molecular flexibility index (Phi) is 5.02. The number of nitrogens with one attached hydrogen (secondary N) is 2. The molecule has 0 aromatic rings. The van der Waals surface area contributed by atoms with Crippen molar-refractivity contribution >= 4 is 12.0 Å². The third-order valence-corrected chi connectivity index (χ3v) is 3.42. The number of hydrogen-bond acceptors (Lipinski definition) is 3. The maximum Gasteiger partial charge on any atom is 0.326 e. The lowest BCUT2D eigenvalue weighted by Gasteiger charge is -2.36. The zero-order valence-corrected chi connectivity index (χ0v) is 12.9. The molecule has 1 unspecified atom stereocenters. The lowest BCUT2D eigenvalue weighted by Crippen LogP contribution is -2.55. The van der Waals surface area contributed by atoms with Crippen LogP contribution < -0.4 is 10.6 Å². The average Bonchev–Trinajstić information content (AvgIpc) is 2.22. The molecule has 20 heavy (non-hydrogen) atoms. The number of ether oxygens (including phenoxy) is 1. The molecule has 3 N–H and O–H groups in total. The quantitative estimate of drug-likeness (QED) is 0.737. The van der Waals surface area contributed by atoms with Crippen LogP contribution in [0.1, 0.15) is 47.5 Å². The molecule has 6 heteroatoms. The predicted molar refractivity (Wildman–Crippen MR) is 75.6 cm³/mol. The molecule has 0 aromatic heterocycles. The van der Waals surface area contributed by atoms with Crippen molar-refractivity contribution in [2.45, 2.75) is 65.1 Å². The van der Waals surface area contributed by atoms with Gasteiger partial charge in [0, 0.05) is 12.6 Å². The van der Waals surface area contributed by atoms with E-state index >= 15 is 0 Å². The lowest BCUT2D eigenvalue weighted by molar-refractivity contribution is -0.141. The first-order chi connectivity index (χ1) is 9.01. The number of carbonyl (C=O) groups excluding carboxylic acids is 1. The zero-order valence-electron chi connectivity index (χ0n) is 12.9. The number of carboxylic acids is 1. The molecule has 1 heterocycles. The van der Waals surface area contributed by atoms with E-state index in [-0.39, 0.29) is 11.6 Å². The lowest BCUT2D eigenvalue weighted by atomic mass is 9.87. The van der Waals surface area contributed by atoms with Gasteiger partial charge in [-0.05, 0) is 32.1 Å². The van der Waals surface area contributed by atoms with Gasteiger partial charge in [-0.2, -0.15) is 0 Å². The topological polar surface area (TPSA) is 87.7 Å². The Hall–Kier alpha value is -1.30. The van der Waals surface area contributed by atoms with Crippen LogP contribution in [0.3, 0.4) is 0 Å². The highest BCUT2D eigenvalue weighted by Gasteiger charge is 2.34. The van der Waals surface area contributed by atoms with Crippen molar-refractivity contribution in [3.8, 4) is 0 Å². The Morgan fingerprint density at radius 2 is 1.95 bits per heavy atom. The Balaban J connectivity index is 2.56. The normalized spacial score (nSPS) is 23.8. The Morgan fingerprint density at radius 3 is 2.40 bits per heavy atom. The monoisotopic (exact) mass is 286 g/mol. The van der Waals surface area contributed by atoms with Gasteiger partial charge in [0.1, 0.15) is 6.04 Å². The van der Waals surface area contributed by atoms with Gasteiger partial charge in [0.2, 0.25) is 0 Å². The summed E-state index contributed by atoms with van der Waals surface area (Å²) in [5.41, 5.74) is -0.801. The molecule has 0 bridgehead atoms. The Bertz CT molecular complexity index is 374. The number of carboxylic acid groups (broad SMARTS) is 1. The highest BCUT2D eigenvalue weighted by atomic mass is 16.5. The van der Waals surface area contributed by atoms with Gasteiger partial charge < -0.3 is 20.5 Å². The van der Waals surface area contributed by atoms with E-state index < -0.39 is 23.5 Å². The van der Waals surface area contributed by atoms with Crippen LogP contribution in [0.2, 0.25) is 0 Å². The van der Waals surface area contributed by atoms with Gasteiger partial charge >= 0.3 is 12.0 Å². The van der Waals surface area contributed by atoms with Gasteiger partial charge in [0.25, 0.3) is 0 Å². The van der Waals surface area contributed by atoms with Crippen LogP contribution in [0.4, 0.5) is 4.79 Å². The Labute approximate surface area is 120 Å². The second kappa shape index (κ2) is 5.99. The van der Waals surface area contributed by atoms with Crippen LogP contribution in [0.25, 0.3) is 0 Å². The molecule has 0 spiro atoms. The number of aliphatic carboxylic acids is 1. The van der Waals surface area contributed by atoms with Gasteiger partial charge in [-0.1, -0.05) is 20.8 Å². The highest BCUT2D eigenvalue weighted by Crippen LogP contribution is 2.24. The maximum atomic E-state index is 12.0. The van der Waals surface area contributed by atoms with Crippen molar-refractivity contribution in [1.82, 2.24) is 10.6 Å². The van der Waals surface area contributed by atoms with Crippen LogP contribution in [0.5, 0.6) is 0 Å². The largest absolute Gasteiger partial charge is 0.480 e. The van der Waals surface area contributed by atoms with E-state index in [0.29, 0.717) is 13.0 Å². The van der Waals surface area contributed by atoms with E-state index in [1.54, 1.807) is 20.8 Å². The van der Waals surface area contributed by atoms with Crippen LogP contribution in [0.15, 0.2) is 0 Å². The molecule has 0 aliphatic carbocycles. The molecule has 116 valence electrons. The SMILES string of the molecule is CC1(C)CC(NC(=O)N[C@H](C(=O)O)C(C)(C)C)CCO1. The molecule has 1 aliphatic heterocycles. The minimum Gasteiger partial charge on any atom is -0.480 e. The summed E-state index contributed by atoms with van der Waals surface area (Å²) in [5, 5.41) is 14.6. The fourth-order valence-corrected chi connectivity index (χ4v) is 2.36. The third-order valence-electron chi connectivity index (χ3n) is 3.42. The van der Waals surface area contributed by atoms with Crippen LogP contribution in [-0.2, 0) is 9.53 Å². The minimum atomic E-state index is -1.03. The fraction of sp³-hybridized carbons (Fsp3) is 0.857. The van der Waals surface area contributed by atoms with Crippen molar-refractivity contribution < 1.29 is 19.4 Å². The standard InChI is InChI=1S/C14H26N2O4/c1-13(2,3)10(11(17)18)16-12(19)15-9-6-7-20-14(4,5)8-9/h9-10H,6-8H2,1-5H3,(H,17,18)(H2,15,16,19)/t9?,10-/m1/s1. The first kappa shape index (κ1) is 16.8. The van der Waals surface area contributed by atoms with Crippen molar-refractivity contribution in [1.29, 1.82) is 0 Å². The zero-order chi connectivity index (χ0) is 15.6. The second-order valence-electron chi connectivity index (χ2n) is 7.05. The van der Waals surface area contributed by atoms with E-state index in [4.69, 9.17) is 4.74 Å². The molecule has 1 rings (SSSR count).